The zero-order valence-corrected chi connectivity index (χ0v) is 13.8. The van der Waals surface area contributed by atoms with Crippen LogP contribution in [-0.4, -0.2) is 33.9 Å². The van der Waals surface area contributed by atoms with Gasteiger partial charge in [0.05, 0.1) is 10.5 Å². The van der Waals surface area contributed by atoms with Crippen LogP contribution in [0.1, 0.15) is 15.9 Å². The van der Waals surface area contributed by atoms with Gasteiger partial charge in [-0.05, 0) is 36.8 Å². The Morgan fingerprint density at radius 3 is 2.48 bits per heavy atom. The number of carbonyl (C=O) groups is 1. The number of aryl methyl sites for hydroxylation is 1. The van der Waals surface area contributed by atoms with Crippen LogP contribution in [0.3, 0.4) is 0 Å². The summed E-state index contributed by atoms with van der Waals surface area (Å²) in [6, 6.07) is 13.3. The fraction of sp³-hybridized carbons (Fsp3) is 0.235. The predicted molar refractivity (Wildman–Crippen MR) is 86.5 cm³/mol. The number of benzene rings is 2. The minimum Gasteiger partial charge on any atom is -0.490 e. The van der Waals surface area contributed by atoms with Crippen molar-refractivity contribution in [2.75, 3.05) is 19.5 Å². The van der Waals surface area contributed by atoms with Gasteiger partial charge in [-0.25, -0.2) is 13.2 Å². The Hall–Kier alpha value is -2.34. The van der Waals surface area contributed by atoms with Gasteiger partial charge in [0, 0.05) is 6.26 Å². The number of rotatable bonds is 6. The van der Waals surface area contributed by atoms with Gasteiger partial charge in [-0.15, -0.1) is 0 Å². The molecule has 0 unspecified atom stereocenters. The van der Waals surface area contributed by atoms with E-state index in [4.69, 9.17) is 9.47 Å². The molecule has 0 saturated carbocycles. The zero-order valence-electron chi connectivity index (χ0n) is 13.0. The highest BCUT2D eigenvalue weighted by Gasteiger charge is 2.12. The lowest BCUT2D eigenvalue weighted by Crippen LogP contribution is -2.13. The molecule has 2 rings (SSSR count). The van der Waals surface area contributed by atoms with Crippen molar-refractivity contribution in [3.63, 3.8) is 0 Å². The molecule has 0 spiro atoms. The van der Waals surface area contributed by atoms with Crippen LogP contribution in [-0.2, 0) is 14.6 Å². The lowest BCUT2D eigenvalue weighted by atomic mass is 10.2. The first-order valence-corrected chi connectivity index (χ1v) is 8.93. The smallest absolute Gasteiger partial charge is 0.338 e. The monoisotopic (exact) mass is 334 g/mol. The van der Waals surface area contributed by atoms with Crippen molar-refractivity contribution in [3.8, 4) is 5.75 Å². The molecule has 0 aliphatic heterocycles. The first kappa shape index (κ1) is 17.0. The normalized spacial score (nSPS) is 11.0. The number of carbonyl (C=O) groups excluding carboxylic acids is 1. The van der Waals surface area contributed by atoms with E-state index < -0.39 is 15.8 Å². The number of ether oxygens (including phenoxy) is 2. The third-order valence-corrected chi connectivity index (χ3v) is 4.28. The van der Waals surface area contributed by atoms with E-state index in [-0.39, 0.29) is 23.7 Å². The molecule has 0 heterocycles. The largest absolute Gasteiger partial charge is 0.490 e. The van der Waals surface area contributed by atoms with Gasteiger partial charge in [0.15, 0.2) is 9.84 Å². The molecule has 23 heavy (non-hydrogen) atoms. The van der Waals surface area contributed by atoms with Crippen molar-refractivity contribution >= 4 is 15.8 Å². The summed E-state index contributed by atoms with van der Waals surface area (Å²) in [6.45, 7) is 2.23. The maximum atomic E-state index is 11.9. The third-order valence-electron chi connectivity index (χ3n) is 3.17. The van der Waals surface area contributed by atoms with Crippen LogP contribution >= 0.6 is 0 Å². The van der Waals surface area contributed by atoms with Crippen LogP contribution in [0.15, 0.2) is 53.4 Å². The summed E-state index contributed by atoms with van der Waals surface area (Å²) in [4.78, 5) is 12.0. The van der Waals surface area contributed by atoms with Crippen LogP contribution < -0.4 is 4.74 Å². The summed E-state index contributed by atoms with van der Waals surface area (Å²) in [5.74, 6) is 0.159. The fourth-order valence-corrected chi connectivity index (χ4v) is 2.61. The molecule has 0 N–H and O–H groups in total. The molecule has 122 valence electrons. The molecule has 6 heteroatoms. The average molecular weight is 334 g/mol. The minimum atomic E-state index is -3.36. The van der Waals surface area contributed by atoms with Crippen molar-refractivity contribution in [3.05, 3.63) is 59.7 Å². The molecule has 0 fully saturated rings. The van der Waals surface area contributed by atoms with Gasteiger partial charge < -0.3 is 9.47 Å². The first-order valence-electron chi connectivity index (χ1n) is 7.03. The van der Waals surface area contributed by atoms with Crippen molar-refractivity contribution in [2.24, 2.45) is 0 Å². The fourth-order valence-electron chi connectivity index (χ4n) is 1.94. The number of para-hydroxylation sites is 1. The minimum absolute atomic E-state index is 0.0796. The molecule has 2 aromatic rings. The quantitative estimate of drug-likeness (QED) is 0.600. The Morgan fingerprint density at radius 1 is 1.04 bits per heavy atom. The van der Waals surface area contributed by atoms with E-state index in [1.165, 1.54) is 24.3 Å². The predicted octanol–water partition coefficient (Wildman–Crippen LogP) is 2.63. The van der Waals surface area contributed by atoms with E-state index in [1.54, 1.807) is 0 Å². The maximum Gasteiger partial charge on any atom is 0.338 e. The highest BCUT2D eigenvalue weighted by molar-refractivity contribution is 7.90. The second-order valence-electron chi connectivity index (χ2n) is 5.05. The third kappa shape index (κ3) is 4.82. The van der Waals surface area contributed by atoms with Crippen LogP contribution in [0.5, 0.6) is 5.75 Å². The van der Waals surface area contributed by atoms with Crippen LogP contribution in [0.2, 0.25) is 0 Å². The van der Waals surface area contributed by atoms with Crippen molar-refractivity contribution in [1.29, 1.82) is 0 Å². The maximum absolute atomic E-state index is 11.9. The first-order chi connectivity index (χ1) is 10.9. The van der Waals surface area contributed by atoms with Crippen LogP contribution in [0, 0.1) is 6.92 Å². The van der Waals surface area contributed by atoms with Gasteiger partial charge >= 0.3 is 5.97 Å². The Bertz CT molecular complexity index is 796. The van der Waals surface area contributed by atoms with E-state index in [9.17, 15) is 13.2 Å². The Kier molecular flexibility index (Phi) is 5.39. The second-order valence-corrected chi connectivity index (χ2v) is 7.07. The van der Waals surface area contributed by atoms with E-state index in [2.05, 4.69) is 0 Å². The van der Waals surface area contributed by atoms with E-state index >= 15 is 0 Å². The van der Waals surface area contributed by atoms with Crippen molar-refractivity contribution in [2.45, 2.75) is 11.8 Å². The number of hydrogen-bond acceptors (Lipinski definition) is 5. The molecule has 2 aromatic carbocycles. The summed E-state index contributed by atoms with van der Waals surface area (Å²) >= 11 is 0. The summed E-state index contributed by atoms with van der Waals surface area (Å²) in [5.41, 5.74) is 1.20. The SMILES string of the molecule is Cc1ccccc1OCCOC(=O)c1cccc(S(C)(=O)=O)c1. The molecule has 0 amide bonds. The Morgan fingerprint density at radius 2 is 1.78 bits per heavy atom. The molecule has 5 nitrogen and oxygen atoms in total. The van der Waals surface area contributed by atoms with Gasteiger partial charge in [0.25, 0.3) is 0 Å². The number of hydrogen-bond donors (Lipinski definition) is 0. The molecule has 0 aromatic heterocycles. The van der Waals surface area contributed by atoms with Crippen LogP contribution in [0.25, 0.3) is 0 Å². The van der Waals surface area contributed by atoms with Crippen molar-refractivity contribution < 1.29 is 22.7 Å². The van der Waals surface area contributed by atoms with E-state index in [0.717, 1.165) is 17.6 Å². The summed E-state index contributed by atoms with van der Waals surface area (Å²) < 4.78 is 33.6. The van der Waals surface area contributed by atoms with Gasteiger partial charge in [-0.3, -0.25) is 0 Å². The standard InChI is InChI=1S/C17H18O5S/c1-13-6-3-4-9-16(13)21-10-11-22-17(18)14-7-5-8-15(12-14)23(2,19)20/h3-9,12H,10-11H2,1-2H3. The molecule has 0 saturated heterocycles. The Labute approximate surface area is 135 Å². The zero-order chi connectivity index (χ0) is 16.9. The van der Waals surface area contributed by atoms with Gasteiger partial charge in [0.1, 0.15) is 19.0 Å². The molecule has 0 atom stereocenters. The number of sulfone groups is 1. The highest BCUT2D eigenvalue weighted by atomic mass is 32.2. The average Bonchev–Trinajstić information content (AvgIpc) is 2.52. The molecular formula is C17H18O5S. The molecule has 0 aliphatic carbocycles. The molecule has 0 aliphatic rings. The van der Waals surface area contributed by atoms with Crippen molar-refractivity contribution in [1.82, 2.24) is 0 Å². The lowest BCUT2D eigenvalue weighted by molar-refractivity contribution is 0.0450. The second kappa shape index (κ2) is 7.28. The Balaban J connectivity index is 1.89. The molecular weight excluding hydrogens is 316 g/mol. The lowest BCUT2D eigenvalue weighted by Gasteiger charge is -2.09. The van der Waals surface area contributed by atoms with Gasteiger partial charge in [-0.2, -0.15) is 0 Å². The summed E-state index contributed by atoms with van der Waals surface area (Å²) in [6.07, 6.45) is 1.09. The molecule has 0 bridgehead atoms. The van der Waals surface area contributed by atoms with E-state index in [0.29, 0.717) is 0 Å². The van der Waals surface area contributed by atoms with Gasteiger partial charge in [0.2, 0.25) is 0 Å². The van der Waals surface area contributed by atoms with Crippen LogP contribution in [0.4, 0.5) is 0 Å². The summed E-state index contributed by atoms with van der Waals surface area (Å²) in [7, 11) is -3.36. The highest BCUT2D eigenvalue weighted by Crippen LogP contribution is 2.16. The topological polar surface area (TPSA) is 69.7 Å². The van der Waals surface area contributed by atoms with Gasteiger partial charge in [-0.1, -0.05) is 24.3 Å². The van der Waals surface area contributed by atoms with E-state index in [1.807, 2.05) is 31.2 Å². The number of esters is 1. The molecule has 0 radical (unpaired) electrons. The summed E-state index contributed by atoms with van der Waals surface area (Å²) in [5, 5.41) is 0.